The van der Waals surface area contributed by atoms with Crippen LogP contribution in [0.2, 0.25) is 0 Å². The molecule has 3 aliphatic carbocycles. The molecule has 0 radical (unpaired) electrons. The molecule has 3 aromatic rings. The van der Waals surface area contributed by atoms with Crippen LogP contribution in [0.25, 0.3) is 28.3 Å². The fourth-order valence-corrected chi connectivity index (χ4v) is 4.88. The van der Waals surface area contributed by atoms with Gasteiger partial charge in [-0.15, -0.1) is 0 Å². The van der Waals surface area contributed by atoms with E-state index in [1.807, 2.05) is 0 Å². The summed E-state index contributed by atoms with van der Waals surface area (Å²) in [5.41, 5.74) is 12.1. The van der Waals surface area contributed by atoms with Gasteiger partial charge >= 0.3 is 26.2 Å². The summed E-state index contributed by atoms with van der Waals surface area (Å²) in [5, 5.41) is 0. The van der Waals surface area contributed by atoms with Gasteiger partial charge in [-0.1, -0.05) is 115 Å². The first-order chi connectivity index (χ1) is 14.9. The third-order valence-electron chi connectivity index (χ3n) is 6.35. The van der Waals surface area contributed by atoms with Crippen LogP contribution in [-0.2, 0) is 32.6 Å². The Balaban J connectivity index is 0.00000102. The number of halogens is 2. The molecule has 1 atom stereocenters. The zero-order chi connectivity index (χ0) is 19.9. The van der Waals surface area contributed by atoms with Crippen molar-refractivity contribution >= 4 is 17.2 Å². The van der Waals surface area contributed by atoms with Gasteiger partial charge in [-0.3, -0.25) is 0 Å². The maximum absolute atomic E-state index is 2.39. The Bertz CT molecular complexity index is 1320. The van der Waals surface area contributed by atoms with Gasteiger partial charge in [0.05, 0.1) is 0 Å². The molecule has 0 aromatic heterocycles. The maximum Gasteiger partial charge on any atom is 2.00 e. The van der Waals surface area contributed by atoms with Crippen LogP contribution in [0.15, 0.2) is 115 Å². The van der Waals surface area contributed by atoms with E-state index in [2.05, 4.69) is 115 Å². The van der Waals surface area contributed by atoms with Crippen molar-refractivity contribution in [2.75, 3.05) is 0 Å². The van der Waals surface area contributed by atoms with E-state index < -0.39 is 0 Å². The van der Waals surface area contributed by atoms with E-state index in [1.165, 1.54) is 50.1 Å². The van der Waals surface area contributed by atoms with Crippen LogP contribution in [0.5, 0.6) is 0 Å². The van der Waals surface area contributed by atoms with Crippen molar-refractivity contribution in [1.29, 1.82) is 0 Å². The predicted molar refractivity (Wildman–Crippen MR) is 128 cm³/mol. The Kier molecular flexibility index (Phi) is 8.35. The number of rotatable bonds is 3. The fourth-order valence-electron chi connectivity index (χ4n) is 4.88. The molecular weight excluding hydrogens is 522 g/mol. The van der Waals surface area contributed by atoms with Crippen LogP contribution in [0.1, 0.15) is 22.3 Å². The Morgan fingerprint density at radius 1 is 0.636 bits per heavy atom. The van der Waals surface area contributed by atoms with Crippen LogP contribution in [0, 0.1) is 5.92 Å². The second-order valence-electron chi connectivity index (χ2n) is 8.17. The van der Waals surface area contributed by atoms with Crippen molar-refractivity contribution in [1.82, 2.24) is 0 Å². The van der Waals surface area contributed by atoms with Gasteiger partial charge in [0.25, 0.3) is 0 Å². The molecule has 33 heavy (non-hydrogen) atoms. The van der Waals surface area contributed by atoms with E-state index >= 15 is 0 Å². The number of fused-ring (bicyclic) bond motifs is 2. The summed E-state index contributed by atoms with van der Waals surface area (Å²) in [6.45, 7) is 0. The van der Waals surface area contributed by atoms with Crippen molar-refractivity contribution in [3.05, 3.63) is 137 Å². The van der Waals surface area contributed by atoms with Crippen molar-refractivity contribution in [2.24, 2.45) is 5.92 Å². The monoisotopic (exact) mass is 542 g/mol. The first-order valence-electron chi connectivity index (χ1n) is 10.6. The van der Waals surface area contributed by atoms with E-state index in [0.29, 0.717) is 5.92 Å². The molecule has 0 bridgehead atoms. The summed E-state index contributed by atoms with van der Waals surface area (Å²) in [5.74, 6) is 0.403. The van der Waals surface area contributed by atoms with Crippen molar-refractivity contribution < 1.29 is 51.0 Å². The number of hydrogen-bond donors (Lipinski definition) is 0. The third-order valence-corrected chi connectivity index (χ3v) is 6.35. The molecule has 1 unspecified atom stereocenters. The van der Waals surface area contributed by atoms with Gasteiger partial charge in [-0.2, -0.15) is 0 Å². The van der Waals surface area contributed by atoms with E-state index in [0.717, 1.165) is 6.42 Å². The van der Waals surface area contributed by atoms with Crippen LogP contribution in [-0.4, -0.2) is 0 Å². The van der Waals surface area contributed by atoms with Gasteiger partial charge in [0, 0.05) is 5.92 Å². The minimum atomic E-state index is 0. The molecule has 3 heteroatoms. The predicted octanol–water partition coefficient (Wildman–Crippen LogP) is 1.52. The Hall–Kier alpha value is -2.18. The number of benzene rings is 3. The van der Waals surface area contributed by atoms with Crippen molar-refractivity contribution in [3.63, 3.8) is 0 Å². The van der Waals surface area contributed by atoms with Gasteiger partial charge in [-0.25, -0.2) is 0 Å². The smallest absolute Gasteiger partial charge is 1.00 e. The first-order valence-corrected chi connectivity index (χ1v) is 10.6. The standard InChI is InChI=1S/C30H22.2ClH.Zr/c1-2-10-22-18-25(17-21(22)9-1)27-13-5-7-15-29(27)30-16-8-6-14-28(30)26-19-23-11-3-4-12-24(23)20-26;;;/h1-19,21H,20H2;2*1H;/q;;;+2/p-2. The number of hydrogen-bond acceptors (Lipinski definition) is 0. The first kappa shape index (κ1) is 25.4. The minimum Gasteiger partial charge on any atom is -1.00 e. The van der Waals surface area contributed by atoms with Crippen molar-refractivity contribution in [3.8, 4) is 11.1 Å². The molecule has 0 N–H and O–H groups in total. The molecule has 3 aliphatic rings. The molecule has 0 amide bonds. The molecule has 160 valence electrons. The van der Waals surface area contributed by atoms with E-state index in [1.54, 1.807) is 0 Å². The van der Waals surface area contributed by atoms with Gasteiger partial charge in [0.2, 0.25) is 0 Å². The molecule has 0 saturated heterocycles. The zero-order valence-electron chi connectivity index (χ0n) is 18.0. The van der Waals surface area contributed by atoms with Crippen LogP contribution >= 0.6 is 0 Å². The molecule has 0 saturated carbocycles. The second-order valence-corrected chi connectivity index (χ2v) is 8.17. The molecule has 0 nitrogen and oxygen atoms in total. The maximum atomic E-state index is 2.39. The second kappa shape index (κ2) is 10.8. The van der Waals surface area contributed by atoms with Crippen LogP contribution < -0.4 is 24.8 Å². The summed E-state index contributed by atoms with van der Waals surface area (Å²) in [6, 6.07) is 26.4. The molecule has 6 rings (SSSR count). The summed E-state index contributed by atoms with van der Waals surface area (Å²) < 4.78 is 0. The normalized spacial score (nSPS) is 16.8. The minimum absolute atomic E-state index is 0. The molecule has 0 fully saturated rings. The van der Waals surface area contributed by atoms with E-state index in [-0.39, 0.29) is 51.0 Å². The SMILES string of the molecule is C1=CC2=CC(c3ccccc3-c3ccccc3C3=Cc4ccccc4C3)=CC2C=C1.[Cl-].[Cl-].[Zr+2]. The topological polar surface area (TPSA) is 0 Å². The van der Waals surface area contributed by atoms with Crippen molar-refractivity contribution in [2.45, 2.75) is 6.42 Å². The van der Waals surface area contributed by atoms with Gasteiger partial charge < -0.3 is 24.8 Å². The fraction of sp³-hybridized carbons (Fsp3) is 0.0667. The van der Waals surface area contributed by atoms with Gasteiger partial charge in [0.1, 0.15) is 0 Å². The molecule has 0 spiro atoms. The Morgan fingerprint density at radius 2 is 1.27 bits per heavy atom. The average Bonchev–Trinajstić information content (AvgIpc) is 3.43. The molecular formula is C30H22Cl2Zr. The molecule has 0 heterocycles. The summed E-state index contributed by atoms with van der Waals surface area (Å²) in [6.07, 6.45) is 16.9. The summed E-state index contributed by atoms with van der Waals surface area (Å²) in [4.78, 5) is 0. The largest absolute Gasteiger partial charge is 2.00 e. The summed E-state index contributed by atoms with van der Waals surface area (Å²) in [7, 11) is 0. The van der Waals surface area contributed by atoms with Gasteiger partial charge in [0.15, 0.2) is 0 Å². The van der Waals surface area contributed by atoms with Crippen LogP contribution in [0.3, 0.4) is 0 Å². The Morgan fingerprint density at radius 3 is 2.00 bits per heavy atom. The Labute approximate surface area is 227 Å². The molecule has 0 aliphatic heterocycles. The van der Waals surface area contributed by atoms with E-state index in [9.17, 15) is 0 Å². The number of allylic oxidation sites excluding steroid dienone is 9. The van der Waals surface area contributed by atoms with E-state index in [4.69, 9.17) is 0 Å². The zero-order valence-corrected chi connectivity index (χ0v) is 22.0. The van der Waals surface area contributed by atoms with Gasteiger partial charge in [-0.05, 0) is 56.5 Å². The average molecular weight is 545 g/mol. The molecule has 3 aromatic carbocycles. The summed E-state index contributed by atoms with van der Waals surface area (Å²) >= 11 is 0. The third kappa shape index (κ3) is 4.74. The van der Waals surface area contributed by atoms with Crippen LogP contribution in [0.4, 0.5) is 0 Å². The quantitative estimate of drug-likeness (QED) is 0.470.